The summed E-state index contributed by atoms with van der Waals surface area (Å²) in [6, 6.07) is 0. The number of carbonyl (C=O) groups is 2. The van der Waals surface area contributed by atoms with Crippen LogP contribution in [0.5, 0.6) is 0 Å². The third-order valence-electron chi connectivity index (χ3n) is 13.3. The highest BCUT2D eigenvalue weighted by Gasteiger charge is 2.27. The smallest absolute Gasteiger partial charge is 0.306 e. The minimum Gasteiger partial charge on any atom is -0.468 e. The SMILES string of the molecule is CCCCCCCCC(CCCCCCCC)OC(=O)CCCCCCCN(CCCCCCCC)CCCNc1c(N2CCN(C)CC2)c(=O)c1=O.CCCCCCCCCOC=O. The van der Waals surface area contributed by atoms with Crippen molar-refractivity contribution in [3.63, 3.8) is 0 Å². The average Bonchev–Trinajstić information content (AvgIpc) is 3.31. The zero-order valence-corrected chi connectivity index (χ0v) is 43.4. The maximum atomic E-state index is 12.8. The molecule has 0 spiro atoms. The Morgan fingerprint density at radius 3 is 1.49 bits per heavy atom. The predicted molar refractivity (Wildman–Crippen MR) is 278 cm³/mol. The number of hydrogen-bond donors (Lipinski definition) is 1. The minimum absolute atomic E-state index is 0.0186. The normalized spacial score (nSPS) is 13.1. The van der Waals surface area contributed by atoms with Gasteiger partial charge in [-0.1, -0.05) is 182 Å². The molecule has 0 aliphatic carbocycles. The molecule has 10 heteroatoms. The lowest BCUT2D eigenvalue weighted by atomic mass is 10.0. The maximum absolute atomic E-state index is 12.8. The number of nitrogens with one attached hydrogen (secondary N) is 1. The Bertz CT molecular complexity index is 1280. The van der Waals surface area contributed by atoms with Crippen molar-refractivity contribution in [2.45, 2.75) is 252 Å². The summed E-state index contributed by atoms with van der Waals surface area (Å²) >= 11 is 0. The van der Waals surface area contributed by atoms with Gasteiger partial charge in [0.1, 0.15) is 17.5 Å². The Kier molecular flexibility index (Phi) is 41.1. The predicted octanol–water partition coefficient (Wildman–Crippen LogP) is 13.2. The number of unbranched alkanes of at least 4 members (excludes halogenated alkanes) is 25. The number of carbonyl (C=O) groups excluding carboxylic acids is 2. The number of hydrogen-bond acceptors (Lipinski definition) is 10. The molecule has 2 rings (SSSR count). The highest BCUT2D eigenvalue weighted by Crippen LogP contribution is 2.22. The Balaban J connectivity index is 0.00000153. The number of piperazine rings is 1. The van der Waals surface area contributed by atoms with Crippen molar-refractivity contribution in [3.05, 3.63) is 20.4 Å². The first-order valence-corrected chi connectivity index (χ1v) is 27.8. The summed E-state index contributed by atoms with van der Waals surface area (Å²) < 4.78 is 10.6. The molecular formula is C55H104N4O6. The molecule has 1 aliphatic heterocycles. The van der Waals surface area contributed by atoms with Crippen LogP contribution in [0.4, 0.5) is 11.4 Å². The van der Waals surface area contributed by atoms with Crippen molar-refractivity contribution >= 4 is 23.8 Å². The molecule has 0 radical (unpaired) electrons. The van der Waals surface area contributed by atoms with Crippen LogP contribution in [0, 0.1) is 0 Å². The molecule has 380 valence electrons. The molecule has 1 N–H and O–H groups in total. The summed E-state index contributed by atoms with van der Waals surface area (Å²) in [6.45, 7) is 17.5. The van der Waals surface area contributed by atoms with Gasteiger partial charge in [-0.25, -0.2) is 0 Å². The summed E-state index contributed by atoms with van der Waals surface area (Å²) in [7, 11) is 2.10. The Morgan fingerprint density at radius 1 is 0.569 bits per heavy atom. The Hall–Kier alpha value is -2.46. The van der Waals surface area contributed by atoms with Gasteiger partial charge < -0.3 is 29.5 Å². The lowest BCUT2D eigenvalue weighted by Gasteiger charge is -2.35. The first-order valence-electron chi connectivity index (χ1n) is 27.8. The molecule has 0 unspecified atom stereocenters. The van der Waals surface area contributed by atoms with Gasteiger partial charge in [-0.3, -0.25) is 19.2 Å². The van der Waals surface area contributed by atoms with E-state index < -0.39 is 0 Å². The van der Waals surface area contributed by atoms with E-state index in [1.165, 1.54) is 167 Å². The van der Waals surface area contributed by atoms with Crippen LogP contribution in [0.15, 0.2) is 9.59 Å². The number of anilines is 2. The van der Waals surface area contributed by atoms with Crippen molar-refractivity contribution < 1.29 is 19.1 Å². The molecule has 0 bridgehead atoms. The van der Waals surface area contributed by atoms with E-state index in [0.29, 0.717) is 37.4 Å². The molecule has 1 aromatic rings. The van der Waals surface area contributed by atoms with Crippen LogP contribution in [0.1, 0.15) is 246 Å². The van der Waals surface area contributed by atoms with E-state index in [2.05, 4.69) is 59.5 Å². The summed E-state index contributed by atoms with van der Waals surface area (Å²) in [6.07, 6.45) is 41.3. The molecule has 65 heavy (non-hydrogen) atoms. The van der Waals surface area contributed by atoms with Crippen molar-refractivity contribution in [3.8, 4) is 0 Å². The molecule has 10 nitrogen and oxygen atoms in total. The zero-order valence-electron chi connectivity index (χ0n) is 43.4. The second kappa shape index (κ2) is 44.1. The van der Waals surface area contributed by atoms with Gasteiger partial charge >= 0.3 is 5.97 Å². The molecule has 1 fully saturated rings. The molecule has 1 aromatic carbocycles. The number of ether oxygens (including phenoxy) is 2. The van der Waals surface area contributed by atoms with Gasteiger partial charge in [0.15, 0.2) is 0 Å². The summed E-state index contributed by atoms with van der Waals surface area (Å²) in [4.78, 5) is 54.3. The van der Waals surface area contributed by atoms with Crippen molar-refractivity contribution in [1.82, 2.24) is 9.80 Å². The fourth-order valence-corrected chi connectivity index (χ4v) is 8.98. The van der Waals surface area contributed by atoms with Gasteiger partial charge in [0.05, 0.1) is 6.61 Å². The summed E-state index contributed by atoms with van der Waals surface area (Å²) in [5.74, 6) is 0.0186. The number of rotatable bonds is 45. The number of esters is 1. The van der Waals surface area contributed by atoms with E-state index in [-0.39, 0.29) is 22.9 Å². The highest BCUT2D eigenvalue weighted by atomic mass is 16.5. The van der Waals surface area contributed by atoms with Gasteiger partial charge in [-0.05, 0) is 84.5 Å². The van der Waals surface area contributed by atoms with E-state index >= 15 is 0 Å². The standard InChI is InChI=1S/C45H84N4O4.C10H20O2/c1-5-8-11-14-18-23-29-40(30-24-19-15-12-9-6-2)53-41(50)31-25-20-17-22-27-34-48(33-26-21-16-13-10-7-3)35-28-32-46-42-43(45(52)44(42)51)49-38-36-47(4)37-39-49;1-2-3-4-5-6-7-8-9-12-10-11/h40,46H,5-39H2,1-4H3;10H,2-9H2,1H3. The van der Waals surface area contributed by atoms with Crippen LogP contribution in [-0.4, -0.2) is 94.4 Å². The van der Waals surface area contributed by atoms with E-state index in [0.717, 1.165) is 90.8 Å². The van der Waals surface area contributed by atoms with Crippen LogP contribution >= 0.6 is 0 Å². The molecule has 0 saturated carbocycles. The van der Waals surface area contributed by atoms with E-state index in [1.54, 1.807) is 0 Å². The zero-order chi connectivity index (χ0) is 47.4. The fourth-order valence-electron chi connectivity index (χ4n) is 8.98. The second-order valence-corrected chi connectivity index (χ2v) is 19.4. The second-order valence-electron chi connectivity index (χ2n) is 19.4. The van der Waals surface area contributed by atoms with E-state index in [9.17, 15) is 19.2 Å². The molecule has 1 heterocycles. The quantitative estimate of drug-likeness (QED) is 0.0294. The lowest BCUT2D eigenvalue weighted by molar-refractivity contribution is -0.150. The largest absolute Gasteiger partial charge is 0.468 e. The first kappa shape index (κ1) is 60.6. The van der Waals surface area contributed by atoms with Crippen LogP contribution in [0.25, 0.3) is 0 Å². The summed E-state index contributed by atoms with van der Waals surface area (Å²) in [5.41, 5.74) is 0.477. The fraction of sp³-hybridized carbons (Fsp3) is 0.891. The van der Waals surface area contributed by atoms with Crippen LogP contribution < -0.4 is 21.1 Å². The van der Waals surface area contributed by atoms with Crippen molar-refractivity contribution in [1.29, 1.82) is 0 Å². The van der Waals surface area contributed by atoms with E-state index in [4.69, 9.17) is 4.74 Å². The third-order valence-corrected chi connectivity index (χ3v) is 13.3. The van der Waals surface area contributed by atoms with Gasteiger partial charge in [0.25, 0.3) is 17.3 Å². The van der Waals surface area contributed by atoms with Gasteiger partial charge in [0, 0.05) is 39.1 Å². The van der Waals surface area contributed by atoms with Gasteiger partial charge in [-0.2, -0.15) is 0 Å². The average molecular weight is 917 g/mol. The topological polar surface area (TPSA) is 108 Å². The monoisotopic (exact) mass is 917 g/mol. The minimum atomic E-state index is -0.350. The molecule has 1 aliphatic rings. The molecular weight excluding hydrogens is 813 g/mol. The highest BCUT2D eigenvalue weighted by molar-refractivity contribution is 5.75. The maximum Gasteiger partial charge on any atom is 0.306 e. The lowest BCUT2D eigenvalue weighted by Crippen LogP contribution is -2.50. The van der Waals surface area contributed by atoms with Crippen LogP contribution in [0.2, 0.25) is 0 Å². The van der Waals surface area contributed by atoms with Crippen LogP contribution in [-0.2, 0) is 19.1 Å². The Labute approximate surface area is 400 Å². The van der Waals surface area contributed by atoms with Crippen molar-refractivity contribution in [2.24, 2.45) is 0 Å². The molecule has 1 saturated heterocycles. The molecule has 0 amide bonds. The first-order chi connectivity index (χ1) is 31.8. The Morgan fingerprint density at radius 2 is 1.00 bits per heavy atom. The van der Waals surface area contributed by atoms with E-state index in [1.807, 2.05) is 0 Å². The van der Waals surface area contributed by atoms with Crippen LogP contribution in [0.3, 0.4) is 0 Å². The van der Waals surface area contributed by atoms with Gasteiger partial charge in [0.2, 0.25) is 0 Å². The number of likely N-dealkylation sites (N-methyl/N-ethyl adjacent to an activating group) is 1. The number of nitrogens with zero attached hydrogens (tertiary/aromatic N) is 3. The van der Waals surface area contributed by atoms with Crippen molar-refractivity contribution in [2.75, 3.05) is 76.2 Å². The third kappa shape index (κ3) is 32.8. The van der Waals surface area contributed by atoms with Gasteiger partial charge in [-0.15, -0.1) is 0 Å². The molecule has 0 atom stereocenters. The molecule has 0 aromatic heterocycles. The summed E-state index contributed by atoms with van der Waals surface area (Å²) in [5, 5.41) is 3.34.